The van der Waals surface area contributed by atoms with E-state index in [0.717, 1.165) is 57.2 Å². The van der Waals surface area contributed by atoms with Gasteiger partial charge in [-0.3, -0.25) is 14.9 Å². The smallest absolute Gasteiger partial charge is 0.138 e. The number of benzene rings is 1. The van der Waals surface area contributed by atoms with Crippen LogP contribution in [-0.4, -0.2) is 60.7 Å². The fourth-order valence-electron chi connectivity index (χ4n) is 3.64. The lowest BCUT2D eigenvalue weighted by Gasteiger charge is -2.34. The topological polar surface area (TPSA) is 65.9 Å². The molecule has 7 nitrogen and oxygen atoms in total. The largest absolute Gasteiger partial charge is 0.327 e. The SMILES string of the molecule is CC(C)Cn1c(CN2CCN(Cc3ncn[nH]3)CC2)nc2ccccc21. The minimum atomic E-state index is 0.602. The quantitative estimate of drug-likeness (QED) is 0.735. The van der Waals surface area contributed by atoms with Crippen LogP contribution in [0.3, 0.4) is 0 Å². The minimum Gasteiger partial charge on any atom is -0.327 e. The highest BCUT2D eigenvalue weighted by atomic mass is 15.3. The summed E-state index contributed by atoms with van der Waals surface area (Å²) in [6.07, 6.45) is 1.57. The standard InChI is InChI=1S/C19H27N7/c1-15(2)11-26-17-6-4-3-5-16(17)22-19(26)13-25-9-7-24(8-10-25)12-18-20-14-21-23-18/h3-6,14-15H,7-13H2,1-2H3,(H,20,21,23). The molecule has 1 aliphatic rings. The zero-order valence-electron chi connectivity index (χ0n) is 15.6. The van der Waals surface area contributed by atoms with Crippen LogP contribution < -0.4 is 0 Å². The van der Waals surface area contributed by atoms with Crippen LogP contribution in [0.4, 0.5) is 0 Å². The van der Waals surface area contributed by atoms with Crippen molar-refractivity contribution in [2.45, 2.75) is 33.5 Å². The van der Waals surface area contributed by atoms with E-state index >= 15 is 0 Å². The van der Waals surface area contributed by atoms with Gasteiger partial charge in [-0.25, -0.2) is 9.97 Å². The van der Waals surface area contributed by atoms with Gasteiger partial charge in [-0.15, -0.1) is 0 Å². The summed E-state index contributed by atoms with van der Waals surface area (Å²) in [7, 11) is 0. The summed E-state index contributed by atoms with van der Waals surface area (Å²) < 4.78 is 2.40. The maximum Gasteiger partial charge on any atom is 0.138 e. The lowest BCUT2D eigenvalue weighted by molar-refractivity contribution is 0.117. The van der Waals surface area contributed by atoms with Crippen LogP contribution in [0.5, 0.6) is 0 Å². The molecule has 1 aromatic carbocycles. The molecule has 3 heterocycles. The van der Waals surface area contributed by atoms with Crippen LogP contribution >= 0.6 is 0 Å². The van der Waals surface area contributed by atoms with Gasteiger partial charge >= 0.3 is 0 Å². The van der Waals surface area contributed by atoms with Gasteiger partial charge in [-0.2, -0.15) is 5.10 Å². The summed E-state index contributed by atoms with van der Waals surface area (Å²) >= 11 is 0. The van der Waals surface area contributed by atoms with Crippen molar-refractivity contribution in [2.24, 2.45) is 5.92 Å². The molecule has 7 heteroatoms. The second kappa shape index (κ2) is 7.55. The first-order valence-electron chi connectivity index (χ1n) is 9.42. The molecule has 0 aliphatic carbocycles. The number of H-pyrrole nitrogens is 1. The third-order valence-electron chi connectivity index (χ3n) is 4.95. The van der Waals surface area contributed by atoms with Gasteiger partial charge < -0.3 is 4.57 Å². The number of hydrogen-bond donors (Lipinski definition) is 1. The summed E-state index contributed by atoms with van der Waals surface area (Å²) in [6.45, 7) is 11.5. The summed E-state index contributed by atoms with van der Waals surface area (Å²) in [5.74, 6) is 2.73. The van der Waals surface area contributed by atoms with E-state index in [2.05, 4.69) is 67.7 Å². The summed E-state index contributed by atoms with van der Waals surface area (Å²) in [5.41, 5.74) is 2.35. The minimum absolute atomic E-state index is 0.602. The Labute approximate surface area is 154 Å². The predicted molar refractivity (Wildman–Crippen MR) is 102 cm³/mol. The summed E-state index contributed by atoms with van der Waals surface area (Å²) in [6, 6.07) is 8.47. The number of aromatic amines is 1. The lowest BCUT2D eigenvalue weighted by Crippen LogP contribution is -2.45. The van der Waals surface area contributed by atoms with Crippen molar-refractivity contribution in [3.05, 3.63) is 42.2 Å². The summed E-state index contributed by atoms with van der Waals surface area (Å²) in [4.78, 5) is 14.1. The molecule has 138 valence electrons. The molecule has 0 amide bonds. The Balaban J connectivity index is 1.43. The molecule has 2 aromatic heterocycles. The Morgan fingerprint density at radius 2 is 1.77 bits per heavy atom. The first-order valence-corrected chi connectivity index (χ1v) is 9.42. The fraction of sp³-hybridized carbons (Fsp3) is 0.526. The Kier molecular flexibility index (Phi) is 4.99. The van der Waals surface area contributed by atoms with Crippen molar-refractivity contribution in [3.63, 3.8) is 0 Å². The van der Waals surface area contributed by atoms with E-state index in [1.807, 2.05) is 0 Å². The van der Waals surface area contributed by atoms with Crippen molar-refractivity contribution < 1.29 is 0 Å². The van der Waals surface area contributed by atoms with Gasteiger partial charge in [0.25, 0.3) is 0 Å². The van der Waals surface area contributed by atoms with Crippen molar-refractivity contribution in [2.75, 3.05) is 26.2 Å². The monoisotopic (exact) mass is 353 g/mol. The number of aromatic nitrogens is 5. The molecule has 1 N–H and O–H groups in total. The number of hydrogen-bond acceptors (Lipinski definition) is 5. The first-order chi connectivity index (χ1) is 12.7. The molecule has 1 saturated heterocycles. The molecule has 1 aliphatic heterocycles. The number of imidazole rings is 1. The molecule has 26 heavy (non-hydrogen) atoms. The van der Waals surface area contributed by atoms with E-state index < -0.39 is 0 Å². The summed E-state index contributed by atoms with van der Waals surface area (Å²) in [5, 5.41) is 6.87. The van der Waals surface area contributed by atoms with E-state index in [1.165, 1.54) is 11.3 Å². The van der Waals surface area contributed by atoms with Gasteiger partial charge in [0.1, 0.15) is 18.0 Å². The maximum atomic E-state index is 4.92. The number of rotatable bonds is 6. The fourth-order valence-corrected chi connectivity index (χ4v) is 3.64. The Morgan fingerprint density at radius 1 is 1.04 bits per heavy atom. The average molecular weight is 353 g/mol. The zero-order valence-corrected chi connectivity index (χ0v) is 15.6. The number of fused-ring (bicyclic) bond motifs is 1. The highest BCUT2D eigenvalue weighted by Crippen LogP contribution is 2.19. The van der Waals surface area contributed by atoms with Crippen molar-refractivity contribution in [3.8, 4) is 0 Å². The number of nitrogens with one attached hydrogen (secondary N) is 1. The lowest BCUT2D eigenvalue weighted by atomic mass is 10.2. The van der Waals surface area contributed by atoms with Gasteiger partial charge in [-0.1, -0.05) is 26.0 Å². The van der Waals surface area contributed by atoms with Gasteiger partial charge in [0.05, 0.1) is 24.1 Å². The highest BCUT2D eigenvalue weighted by Gasteiger charge is 2.20. The van der Waals surface area contributed by atoms with Crippen molar-refractivity contribution >= 4 is 11.0 Å². The Hall–Kier alpha value is -2.25. The molecule has 0 spiro atoms. The molecule has 0 bridgehead atoms. The maximum absolute atomic E-state index is 4.92. The third kappa shape index (κ3) is 3.78. The molecule has 0 saturated carbocycles. The highest BCUT2D eigenvalue weighted by molar-refractivity contribution is 5.75. The average Bonchev–Trinajstić information content (AvgIpc) is 3.25. The van der Waals surface area contributed by atoms with Gasteiger partial charge in [0.2, 0.25) is 0 Å². The van der Waals surface area contributed by atoms with Crippen LogP contribution in [0.25, 0.3) is 11.0 Å². The van der Waals surface area contributed by atoms with Gasteiger partial charge in [-0.05, 0) is 18.1 Å². The first kappa shape index (κ1) is 17.2. The molecule has 1 fully saturated rings. The number of nitrogens with zero attached hydrogens (tertiary/aromatic N) is 6. The van der Waals surface area contributed by atoms with Crippen LogP contribution in [0.15, 0.2) is 30.6 Å². The number of para-hydroxylation sites is 2. The molecule has 0 radical (unpaired) electrons. The molecule has 3 aromatic rings. The zero-order chi connectivity index (χ0) is 17.9. The second-order valence-corrected chi connectivity index (χ2v) is 7.51. The van der Waals surface area contributed by atoms with Crippen LogP contribution in [0.2, 0.25) is 0 Å². The Morgan fingerprint density at radius 3 is 2.46 bits per heavy atom. The van der Waals surface area contributed by atoms with Crippen molar-refractivity contribution in [1.29, 1.82) is 0 Å². The van der Waals surface area contributed by atoms with E-state index in [-0.39, 0.29) is 0 Å². The van der Waals surface area contributed by atoms with Crippen molar-refractivity contribution in [1.82, 2.24) is 34.5 Å². The predicted octanol–water partition coefficient (Wildman–Crippen LogP) is 2.13. The molecular formula is C19H27N7. The van der Waals surface area contributed by atoms with Crippen LogP contribution in [0, 0.1) is 5.92 Å². The number of piperazine rings is 1. The normalized spacial score (nSPS) is 16.7. The van der Waals surface area contributed by atoms with E-state index in [1.54, 1.807) is 6.33 Å². The third-order valence-corrected chi connectivity index (χ3v) is 4.95. The molecular weight excluding hydrogens is 326 g/mol. The second-order valence-electron chi connectivity index (χ2n) is 7.51. The van der Waals surface area contributed by atoms with Crippen LogP contribution in [-0.2, 0) is 19.6 Å². The molecule has 4 rings (SSSR count). The van der Waals surface area contributed by atoms with Gasteiger partial charge in [0.15, 0.2) is 0 Å². The van der Waals surface area contributed by atoms with E-state index in [0.29, 0.717) is 5.92 Å². The van der Waals surface area contributed by atoms with Crippen LogP contribution in [0.1, 0.15) is 25.5 Å². The van der Waals surface area contributed by atoms with Gasteiger partial charge in [0, 0.05) is 32.7 Å². The molecule has 0 unspecified atom stereocenters. The Bertz CT molecular complexity index is 829. The van der Waals surface area contributed by atoms with E-state index in [9.17, 15) is 0 Å². The van der Waals surface area contributed by atoms with E-state index in [4.69, 9.17) is 4.98 Å². The molecule has 0 atom stereocenters.